The number of rotatable bonds is 11. The van der Waals surface area contributed by atoms with E-state index in [-0.39, 0.29) is 17.4 Å². The van der Waals surface area contributed by atoms with Crippen molar-refractivity contribution in [3.63, 3.8) is 0 Å². The lowest BCUT2D eigenvalue weighted by Gasteiger charge is -2.30. The molecule has 4 aromatic rings. The highest BCUT2D eigenvalue weighted by atomic mass is 17.3. The molecule has 39 heavy (non-hydrogen) atoms. The molecular formula is C33H30O6. The van der Waals surface area contributed by atoms with Crippen LogP contribution in [-0.4, -0.2) is 11.9 Å². The Kier molecular flexibility index (Phi) is 9.26. The van der Waals surface area contributed by atoms with Crippen molar-refractivity contribution in [3.8, 4) is 22.3 Å². The maximum atomic E-state index is 12.7. The molecule has 198 valence electrons. The van der Waals surface area contributed by atoms with Crippen LogP contribution in [0.3, 0.4) is 0 Å². The van der Waals surface area contributed by atoms with Gasteiger partial charge < -0.3 is 0 Å². The van der Waals surface area contributed by atoms with Crippen LogP contribution in [0.1, 0.15) is 47.4 Å². The molecule has 0 unspecified atom stereocenters. The number of carbonyl (C=O) groups is 2. The highest BCUT2D eigenvalue weighted by Crippen LogP contribution is 2.38. The SMILES string of the molecule is [CH2]C(CC)(CC)[C](OOC(=O)c1ccc(-c2ccccc2)cc1)OOC(=O)c1ccc(-c2ccccc2)cc1. The number of benzene rings is 4. The molecule has 0 heterocycles. The van der Waals surface area contributed by atoms with E-state index in [1.807, 2.05) is 98.8 Å². The second kappa shape index (κ2) is 13.0. The van der Waals surface area contributed by atoms with Crippen LogP contribution in [0.15, 0.2) is 109 Å². The third-order valence-electron chi connectivity index (χ3n) is 6.63. The molecule has 0 bridgehead atoms. The predicted molar refractivity (Wildman–Crippen MR) is 148 cm³/mol. The summed E-state index contributed by atoms with van der Waals surface area (Å²) in [7, 11) is 0. The summed E-state index contributed by atoms with van der Waals surface area (Å²) in [5.74, 6) is -1.46. The fourth-order valence-electron chi connectivity index (χ4n) is 3.84. The quantitative estimate of drug-likeness (QED) is 0.147. The Hall–Kier alpha value is -4.26. The Morgan fingerprint density at radius 2 is 0.872 bits per heavy atom. The summed E-state index contributed by atoms with van der Waals surface area (Å²) in [4.78, 5) is 46.0. The summed E-state index contributed by atoms with van der Waals surface area (Å²) in [6, 6.07) is 33.5. The van der Waals surface area contributed by atoms with Gasteiger partial charge in [0.2, 0.25) is 0 Å². The minimum Gasteiger partial charge on any atom is -0.289 e. The molecule has 0 saturated carbocycles. The van der Waals surface area contributed by atoms with E-state index in [1.54, 1.807) is 24.3 Å². The second-order valence-corrected chi connectivity index (χ2v) is 9.07. The molecule has 0 aliphatic heterocycles. The molecule has 0 amide bonds. The molecule has 6 nitrogen and oxygen atoms in total. The van der Waals surface area contributed by atoms with Crippen molar-refractivity contribution in [2.75, 3.05) is 0 Å². The lowest BCUT2D eigenvalue weighted by Crippen LogP contribution is -2.31. The van der Waals surface area contributed by atoms with Crippen molar-refractivity contribution in [1.29, 1.82) is 0 Å². The van der Waals surface area contributed by atoms with E-state index in [2.05, 4.69) is 6.92 Å². The average Bonchev–Trinajstić information content (AvgIpc) is 3.01. The number of carbonyl (C=O) groups excluding carboxylic acids is 2. The van der Waals surface area contributed by atoms with Gasteiger partial charge in [-0.2, -0.15) is 0 Å². The van der Waals surface area contributed by atoms with Gasteiger partial charge in [0.1, 0.15) is 0 Å². The summed E-state index contributed by atoms with van der Waals surface area (Å²) >= 11 is 0. The second-order valence-electron chi connectivity index (χ2n) is 9.07. The fourth-order valence-corrected chi connectivity index (χ4v) is 3.84. The largest absolute Gasteiger partial charge is 0.373 e. The predicted octanol–water partition coefficient (Wildman–Crippen LogP) is 8.03. The van der Waals surface area contributed by atoms with Crippen molar-refractivity contribution in [2.24, 2.45) is 5.41 Å². The van der Waals surface area contributed by atoms with E-state index < -0.39 is 17.4 Å². The zero-order valence-electron chi connectivity index (χ0n) is 22.0. The highest BCUT2D eigenvalue weighted by Gasteiger charge is 2.40. The van der Waals surface area contributed by atoms with E-state index in [9.17, 15) is 9.59 Å². The van der Waals surface area contributed by atoms with Crippen LogP contribution < -0.4 is 0 Å². The van der Waals surface area contributed by atoms with Crippen LogP contribution in [0.5, 0.6) is 0 Å². The van der Waals surface area contributed by atoms with Gasteiger partial charge in [-0.05, 0) is 66.3 Å². The minimum atomic E-state index is -0.922. The first-order chi connectivity index (χ1) is 18.9. The maximum Gasteiger partial charge on any atom is 0.373 e. The van der Waals surface area contributed by atoms with Crippen molar-refractivity contribution in [2.45, 2.75) is 26.7 Å². The molecule has 0 saturated heterocycles. The fraction of sp³-hybridized carbons (Fsp3) is 0.152. The first kappa shape index (κ1) is 27.8. The number of hydrogen-bond donors (Lipinski definition) is 0. The molecule has 0 aromatic heterocycles. The first-order valence-electron chi connectivity index (χ1n) is 12.7. The van der Waals surface area contributed by atoms with E-state index in [4.69, 9.17) is 19.6 Å². The summed E-state index contributed by atoms with van der Waals surface area (Å²) in [5.41, 5.74) is 3.63. The van der Waals surface area contributed by atoms with Gasteiger partial charge in [-0.3, -0.25) is 9.78 Å². The molecule has 0 spiro atoms. The molecule has 6 heteroatoms. The van der Waals surface area contributed by atoms with Crippen LogP contribution in [0, 0.1) is 18.6 Å². The zero-order chi connectivity index (χ0) is 27.7. The first-order valence-corrected chi connectivity index (χ1v) is 12.7. The molecule has 4 rings (SSSR count). The third kappa shape index (κ3) is 6.99. The Morgan fingerprint density at radius 3 is 1.21 bits per heavy atom. The van der Waals surface area contributed by atoms with Crippen molar-refractivity contribution < 1.29 is 29.1 Å². The van der Waals surface area contributed by atoms with Crippen LogP contribution in [0.4, 0.5) is 0 Å². The Labute approximate surface area is 229 Å². The van der Waals surface area contributed by atoms with E-state index >= 15 is 0 Å². The van der Waals surface area contributed by atoms with Gasteiger partial charge in [-0.1, -0.05) is 98.8 Å². The zero-order valence-corrected chi connectivity index (χ0v) is 22.0. The van der Waals surface area contributed by atoms with Crippen molar-refractivity contribution in [3.05, 3.63) is 134 Å². The lowest BCUT2D eigenvalue weighted by atomic mass is 9.84. The van der Waals surface area contributed by atoms with Gasteiger partial charge >= 0.3 is 18.2 Å². The average molecular weight is 523 g/mol. The van der Waals surface area contributed by atoms with Gasteiger partial charge in [0.05, 0.1) is 11.1 Å². The van der Waals surface area contributed by atoms with Gasteiger partial charge in [-0.15, -0.1) is 9.78 Å². The Balaban J connectivity index is 1.38. The van der Waals surface area contributed by atoms with Crippen LogP contribution in [-0.2, 0) is 19.6 Å². The summed E-state index contributed by atoms with van der Waals surface area (Å²) < 4.78 is 0. The molecule has 0 N–H and O–H groups in total. The summed E-state index contributed by atoms with van der Waals surface area (Å²) in [6.45, 7) is 7.87. The summed E-state index contributed by atoms with van der Waals surface area (Å²) in [6.07, 6.45) is 0.729. The van der Waals surface area contributed by atoms with E-state index in [0.717, 1.165) is 22.3 Å². The molecule has 0 aliphatic rings. The molecule has 0 aliphatic carbocycles. The molecule has 0 fully saturated rings. The van der Waals surface area contributed by atoms with Crippen LogP contribution in [0.25, 0.3) is 22.3 Å². The van der Waals surface area contributed by atoms with Gasteiger partial charge in [0.15, 0.2) is 0 Å². The lowest BCUT2D eigenvalue weighted by molar-refractivity contribution is -0.381. The van der Waals surface area contributed by atoms with E-state index in [0.29, 0.717) is 12.8 Å². The minimum absolute atomic E-state index is 0.226. The van der Waals surface area contributed by atoms with Gasteiger partial charge in [0.25, 0.3) is 0 Å². The third-order valence-corrected chi connectivity index (χ3v) is 6.63. The molecule has 0 atom stereocenters. The maximum absolute atomic E-state index is 12.7. The van der Waals surface area contributed by atoms with Gasteiger partial charge in [-0.25, -0.2) is 9.59 Å². The standard InChI is InChI=1S/C33H30O6/c1-4-33(3,5-2)32(38-36-30(34)28-20-16-26(17-21-28)24-12-8-6-9-13-24)39-37-31(35)29-22-18-27(19-23-29)25-14-10-7-11-15-25/h6-23H,3-5H2,1-2H3. The molecule has 4 aromatic carbocycles. The van der Waals surface area contributed by atoms with Crippen LogP contribution >= 0.6 is 0 Å². The van der Waals surface area contributed by atoms with Crippen molar-refractivity contribution >= 4 is 11.9 Å². The Morgan fingerprint density at radius 1 is 0.538 bits per heavy atom. The Bertz CT molecular complexity index is 1250. The monoisotopic (exact) mass is 522 g/mol. The summed E-state index contributed by atoms with van der Waals surface area (Å²) in [5, 5.41) is 0. The smallest absolute Gasteiger partial charge is 0.289 e. The highest BCUT2D eigenvalue weighted by molar-refractivity contribution is 5.90. The van der Waals surface area contributed by atoms with Crippen molar-refractivity contribution in [1.82, 2.24) is 0 Å². The van der Waals surface area contributed by atoms with Crippen LogP contribution in [0.2, 0.25) is 0 Å². The normalized spacial score (nSPS) is 11.3. The van der Waals surface area contributed by atoms with E-state index in [1.165, 1.54) is 0 Å². The molecule has 2 radical (unpaired) electrons. The number of hydrogen-bond acceptors (Lipinski definition) is 6. The molecular weight excluding hydrogens is 492 g/mol. The van der Waals surface area contributed by atoms with Gasteiger partial charge in [0, 0.05) is 5.41 Å². The topological polar surface area (TPSA) is 71.1 Å².